The lowest BCUT2D eigenvalue weighted by atomic mass is 9.63. The Morgan fingerprint density at radius 2 is 1.53 bits per heavy atom. The van der Waals surface area contributed by atoms with Gasteiger partial charge in [0.1, 0.15) is 0 Å². The zero-order chi connectivity index (χ0) is 22.5. The highest BCUT2D eigenvalue weighted by molar-refractivity contribution is 7.14. The van der Waals surface area contributed by atoms with Crippen molar-refractivity contribution in [3.63, 3.8) is 0 Å². The number of piperidine rings is 1. The van der Waals surface area contributed by atoms with Crippen molar-refractivity contribution in [3.05, 3.63) is 34.7 Å². The zero-order valence-corrected chi connectivity index (χ0v) is 21.5. The lowest BCUT2D eigenvalue weighted by Gasteiger charge is -2.42. The van der Waals surface area contributed by atoms with Crippen LogP contribution in [0.3, 0.4) is 0 Å². The van der Waals surface area contributed by atoms with Crippen LogP contribution in [-0.4, -0.2) is 67.1 Å². The van der Waals surface area contributed by atoms with Gasteiger partial charge >= 0.3 is 0 Å². The van der Waals surface area contributed by atoms with Gasteiger partial charge in [0.2, 0.25) is 0 Å². The molecule has 4 nitrogen and oxygen atoms in total. The van der Waals surface area contributed by atoms with E-state index in [1.807, 2.05) is 11.3 Å². The van der Waals surface area contributed by atoms with E-state index < -0.39 is 0 Å². The van der Waals surface area contributed by atoms with Crippen LogP contribution in [0.1, 0.15) is 64.5 Å². The van der Waals surface area contributed by atoms with Crippen molar-refractivity contribution in [2.45, 2.75) is 70.3 Å². The summed E-state index contributed by atoms with van der Waals surface area (Å²) in [7, 11) is 2.24. The van der Waals surface area contributed by atoms with E-state index in [-0.39, 0.29) is 10.8 Å². The number of aromatic nitrogens is 1. The van der Waals surface area contributed by atoms with E-state index in [0.717, 1.165) is 24.8 Å². The van der Waals surface area contributed by atoms with Crippen LogP contribution in [0, 0.1) is 0 Å². The summed E-state index contributed by atoms with van der Waals surface area (Å²) in [5.41, 5.74) is 5.99. The first-order valence-electron chi connectivity index (χ1n) is 12.5. The first kappa shape index (κ1) is 22.4. The molecule has 2 aliphatic heterocycles. The number of hydrogen-bond acceptors (Lipinski definition) is 5. The Bertz CT molecular complexity index is 946. The van der Waals surface area contributed by atoms with E-state index in [1.54, 1.807) is 0 Å². The Kier molecular flexibility index (Phi) is 5.88. The van der Waals surface area contributed by atoms with Crippen molar-refractivity contribution in [1.82, 2.24) is 14.8 Å². The van der Waals surface area contributed by atoms with Crippen LogP contribution in [0.25, 0.3) is 11.3 Å². The topological polar surface area (TPSA) is 22.6 Å². The first-order valence-corrected chi connectivity index (χ1v) is 13.4. The number of anilines is 1. The average molecular weight is 453 g/mol. The molecule has 3 heterocycles. The minimum atomic E-state index is 0.241. The van der Waals surface area contributed by atoms with Crippen LogP contribution < -0.4 is 4.90 Å². The second-order valence-electron chi connectivity index (χ2n) is 11.6. The molecule has 0 atom stereocenters. The van der Waals surface area contributed by atoms with Gasteiger partial charge in [-0.2, -0.15) is 0 Å². The van der Waals surface area contributed by atoms with Gasteiger partial charge in [-0.1, -0.05) is 39.8 Å². The van der Waals surface area contributed by atoms with Gasteiger partial charge < -0.3 is 9.80 Å². The number of rotatable bonds is 3. The number of benzene rings is 1. The molecule has 2 saturated heterocycles. The van der Waals surface area contributed by atoms with Gasteiger partial charge in [0, 0.05) is 56.3 Å². The molecule has 0 spiro atoms. The molecule has 0 bridgehead atoms. The van der Waals surface area contributed by atoms with Gasteiger partial charge in [0.15, 0.2) is 5.13 Å². The number of piperazine rings is 1. The van der Waals surface area contributed by atoms with E-state index in [9.17, 15) is 0 Å². The van der Waals surface area contributed by atoms with E-state index >= 15 is 0 Å². The number of fused-ring (bicyclic) bond motifs is 1. The van der Waals surface area contributed by atoms with Gasteiger partial charge in [0.25, 0.3) is 0 Å². The summed E-state index contributed by atoms with van der Waals surface area (Å²) >= 11 is 1.82. The second-order valence-corrected chi connectivity index (χ2v) is 12.4. The minimum absolute atomic E-state index is 0.241. The smallest absolute Gasteiger partial charge is 0.185 e. The van der Waals surface area contributed by atoms with Gasteiger partial charge in [-0.05, 0) is 60.8 Å². The second kappa shape index (κ2) is 8.41. The summed E-state index contributed by atoms with van der Waals surface area (Å²) in [5.74, 6) is 0. The number of nitrogens with zero attached hydrogens (tertiary/aromatic N) is 4. The fraction of sp³-hybridized carbons (Fsp3) is 0.667. The fourth-order valence-corrected chi connectivity index (χ4v) is 6.79. The Hall–Kier alpha value is -1.43. The molecule has 32 heavy (non-hydrogen) atoms. The molecule has 1 aromatic carbocycles. The summed E-state index contributed by atoms with van der Waals surface area (Å²) < 4.78 is 0. The first-order chi connectivity index (χ1) is 15.2. The predicted octanol–water partition coefficient (Wildman–Crippen LogP) is 5.38. The molecule has 0 N–H and O–H groups in total. The Balaban J connectivity index is 1.29. The fourth-order valence-electron chi connectivity index (χ4n) is 5.90. The van der Waals surface area contributed by atoms with Crippen molar-refractivity contribution in [2.24, 2.45) is 0 Å². The number of likely N-dealkylation sites (N-methyl/N-ethyl adjacent to an activating group) is 1. The summed E-state index contributed by atoms with van der Waals surface area (Å²) in [6.45, 7) is 16.8. The van der Waals surface area contributed by atoms with E-state index in [0.29, 0.717) is 0 Å². The Labute approximate surface area is 198 Å². The lowest BCUT2D eigenvalue weighted by Crippen LogP contribution is -2.52. The molecule has 1 aliphatic carbocycles. The van der Waals surface area contributed by atoms with Crippen LogP contribution in [0.2, 0.25) is 0 Å². The lowest BCUT2D eigenvalue weighted by molar-refractivity contribution is 0.0982. The molecule has 1 aromatic heterocycles. The summed E-state index contributed by atoms with van der Waals surface area (Å²) in [6.07, 6.45) is 5.04. The SMILES string of the molecule is CN1CCN(C2CCN(c3nc(-c4ccc5c(c4)C(C)(C)CCC5(C)C)cs3)CC2)CC1. The third-order valence-electron chi connectivity index (χ3n) is 8.43. The zero-order valence-electron chi connectivity index (χ0n) is 20.7. The van der Waals surface area contributed by atoms with E-state index in [4.69, 9.17) is 4.98 Å². The molecule has 0 amide bonds. The maximum Gasteiger partial charge on any atom is 0.185 e. The number of thiazole rings is 1. The quantitative estimate of drug-likeness (QED) is 0.624. The molecule has 0 saturated carbocycles. The molecule has 174 valence electrons. The highest BCUT2D eigenvalue weighted by Gasteiger charge is 2.37. The maximum atomic E-state index is 5.11. The van der Waals surface area contributed by atoms with Crippen molar-refractivity contribution < 1.29 is 0 Å². The summed E-state index contributed by atoms with van der Waals surface area (Å²) in [5, 5.41) is 3.47. The third-order valence-corrected chi connectivity index (χ3v) is 9.33. The minimum Gasteiger partial charge on any atom is -0.348 e. The molecule has 0 unspecified atom stereocenters. The molecule has 0 radical (unpaired) electrons. The highest BCUT2D eigenvalue weighted by atomic mass is 32.1. The van der Waals surface area contributed by atoms with Crippen LogP contribution >= 0.6 is 11.3 Å². The van der Waals surface area contributed by atoms with Crippen LogP contribution in [0.15, 0.2) is 23.6 Å². The Morgan fingerprint density at radius 3 is 2.22 bits per heavy atom. The Morgan fingerprint density at radius 1 is 0.875 bits per heavy atom. The molecular formula is C27H40N4S. The normalized spacial score (nSPS) is 24.5. The molecule has 5 heteroatoms. The molecule has 2 aromatic rings. The molecule has 2 fully saturated rings. The van der Waals surface area contributed by atoms with Crippen LogP contribution in [-0.2, 0) is 10.8 Å². The number of hydrogen-bond donors (Lipinski definition) is 0. The highest BCUT2D eigenvalue weighted by Crippen LogP contribution is 2.47. The molecule has 3 aliphatic rings. The van der Waals surface area contributed by atoms with Crippen molar-refractivity contribution in [3.8, 4) is 11.3 Å². The standard InChI is InChI=1S/C27H40N4S/c1-26(2)10-11-27(3,4)23-18-20(6-7-22(23)26)24-19-32-25(28-24)31-12-8-21(9-13-31)30-16-14-29(5)15-17-30/h6-7,18-19,21H,8-17H2,1-5H3. The van der Waals surface area contributed by atoms with Crippen LogP contribution in [0.4, 0.5) is 5.13 Å². The monoisotopic (exact) mass is 452 g/mol. The van der Waals surface area contributed by atoms with E-state index in [2.05, 4.69) is 73.0 Å². The largest absolute Gasteiger partial charge is 0.348 e. The maximum absolute atomic E-state index is 5.11. The van der Waals surface area contributed by atoms with Gasteiger partial charge in [-0.15, -0.1) is 11.3 Å². The third kappa shape index (κ3) is 4.24. The van der Waals surface area contributed by atoms with Gasteiger partial charge in [0.05, 0.1) is 5.69 Å². The van der Waals surface area contributed by atoms with Gasteiger partial charge in [-0.25, -0.2) is 4.98 Å². The van der Waals surface area contributed by atoms with Gasteiger partial charge in [-0.3, -0.25) is 4.90 Å². The summed E-state index contributed by atoms with van der Waals surface area (Å²) in [4.78, 5) is 12.8. The van der Waals surface area contributed by atoms with Crippen molar-refractivity contribution in [1.29, 1.82) is 0 Å². The van der Waals surface area contributed by atoms with E-state index in [1.165, 1.54) is 73.7 Å². The predicted molar refractivity (Wildman–Crippen MR) is 137 cm³/mol. The average Bonchev–Trinajstić information content (AvgIpc) is 3.28. The van der Waals surface area contributed by atoms with Crippen LogP contribution in [0.5, 0.6) is 0 Å². The van der Waals surface area contributed by atoms with Crippen molar-refractivity contribution in [2.75, 3.05) is 51.2 Å². The van der Waals surface area contributed by atoms with Crippen molar-refractivity contribution >= 4 is 16.5 Å². The summed E-state index contributed by atoms with van der Waals surface area (Å²) in [6, 6.07) is 7.88. The molecular weight excluding hydrogens is 412 g/mol. The molecule has 5 rings (SSSR count).